The standard InChI is InChI=1S/C10H8FN3O6S/c11-6-2-1-3-7(10(6)14(17)18)21(19,20)13-4-8(15)12-9(16)5-13/h1-3H,4-5H2,(H,12,15,16). The Morgan fingerprint density at radius 2 is 1.81 bits per heavy atom. The van der Waals surface area contributed by atoms with E-state index in [-0.39, 0.29) is 0 Å². The number of amides is 2. The zero-order chi connectivity index (χ0) is 15.8. The van der Waals surface area contributed by atoms with Crippen LogP contribution in [0.5, 0.6) is 0 Å². The van der Waals surface area contributed by atoms with Gasteiger partial charge in [-0.2, -0.15) is 8.70 Å². The molecule has 1 N–H and O–H groups in total. The van der Waals surface area contributed by atoms with Crippen LogP contribution in [0.25, 0.3) is 0 Å². The maximum atomic E-state index is 13.5. The number of hydrogen-bond acceptors (Lipinski definition) is 6. The number of hydrogen-bond donors (Lipinski definition) is 1. The zero-order valence-corrected chi connectivity index (χ0v) is 11.1. The molecule has 0 aliphatic carbocycles. The highest BCUT2D eigenvalue weighted by molar-refractivity contribution is 7.89. The minimum absolute atomic E-state index is 0.454. The van der Waals surface area contributed by atoms with Crippen molar-refractivity contribution in [3.8, 4) is 0 Å². The van der Waals surface area contributed by atoms with E-state index in [1.165, 1.54) is 0 Å². The second-order valence-electron chi connectivity index (χ2n) is 4.09. The Morgan fingerprint density at radius 1 is 1.24 bits per heavy atom. The van der Waals surface area contributed by atoms with Gasteiger partial charge >= 0.3 is 5.69 Å². The number of carbonyl (C=O) groups excluding carboxylic acids is 2. The first kappa shape index (κ1) is 15.0. The van der Waals surface area contributed by atoms with Crippen LogP contribution in [-0.2, 0) is 19.6 Å². The van der Waals surface area contributed by atoms with Crippen molar-refractivity contribution in [1.29, 1.82) is 0 Å². The maximum absolute atomic E-state index is 13.5. The summed E-state index contributed by atoms with van der Waals surface area (Å²) in [6, 6.07) is 2.57. The van der Waals surface area contributed by atoms with Crippen molar-refractivity contribution >= 4 is 27.5 Å². The number of nitrogens with zero attached hydrogens (tertiary/aromatic N) is 2. The monoisotopic (exact) mass is 317 g/mol. The number of nitrogens with one attached hydrogen (secondary N) is 1. The molecule has 0 bridgehead atoms. The fourth-order valence-electron chi connectivity index (χ4n) is 1.80. The van der Waals surface area contributed by atoms with E-state index < -0.39 is 56.3 Å². The van der Waals surface area contributed by atoms with E-state index in [2.05, 4.69) is 0 Å². The molecule has 1 aromatic carbocycles. The second kappa shape index (κ2) is 5.18. The molecule has 1 saturated heterocycles. The normalized spacial score (nSPS) is 16.6. The summed E-state index contributed by atoms with van der Waals surface area (Å²) >= 11 is 0. The average Bonchev–Trinajstić information content (AvgIpc) is 2.36. The van der Waals surface area contributed by atoms with Crippen molar-refractivity contribution in [2.24, 2.45) is 0 Å². The Morgan fingerprint density at radius 3 is 2.33 bits per heavy atom. The molecule has 2 amide bonds. The number of benzene rings is 1. The van der Waals surface area contributed by atoms with E-state index in [9.17, 15) is 32.5 Å². The summed E-state index contributed by atoms with van der Waals surface area (Å²) in [5.41, 5.74) is -1.23. The number of imide groups is 1. The number of nitro groups is 1. The fraction of sp³-hybridized carbons (Fsp3) is 0.200. The molecule has 1 aliphatic heterocycles. The third-order valence-corrected chi connectivity index (χ3v) is 4.49. The number of sulfonamides is 1. The van der Waals surface area contributed by atoms with E-state index >= 15 is 0 Å². The smallest absolute Gasteiger partial charge is 0.294 e. The fourth-order valence-corrected chi connectivity index (χ4v) is 3.32. The largest absolute Gasteiger partial charge is 0.324 e. The lowest BCUT2D eigenvalue weighted by Crippen LogP contribution is -2.53. The van der Waals surface area contributed by atoms with E-state index in [4.69, 9.17) is 0 Å². The lowest BCUT2D eigenvalue weighted by Gasteiger charge is -2.24. The van der Waals surface area contributed by atoms with E-state index in [1.54, 1.807) is 0 Å². The third kappa shape index (κ3) is 2.73. The van der Waals surface area contributed by atoms with Gasteiger partial charge in [-0.3, -0.25) is 25.0 Å². The van der Waals surface area contributed by atoms with Crippen LogP contribution in [0, 0.1) is 15.9 Å². The van der Waals surface area contributed by atoms with E-state index in [0.29, 0.717) is 4.31 Å². The lowest BCUT2D eigenvalue weighted by molar-refractivity contribution is -0.390. The van der Waals surface area contributed by atoms with Gasteiger partial charge in [-0.05, 0) is 12.1 Å². The summed E-state index contributed by atoms with van der Waals surface area (Å²) in [6.45, 7) is -1.36. The summed E-state index contributed by atoms with van der Waals surface area (Å²) in [7, 11) is -4.56. The van der Waals surface area contributed by atoms with Crippen molar-refractivity contribution in [3.05, 3.63) is 34.1 Å². The Hall–Kier alpha value is -2.40. The summed E-state index contributed by atoms with van der Waals surface area (Å²) in [5, 5.41) is 12.7. The zero-order valence-electron chi connectivity index (χ0n) is 10.3. The van der Waals surface area contributed by atoms with Crippen LogP contribution in [0.4, 0.5) is 10.1 Å². The summed E-state index contributed by atoms with van der Waals surface area (Å²) in [4.78, 5) is 31.2. The molecular weight excluding hydrogens is 309 g/mol. The highest BCUT2D eigenvalue weighted by Gasteiger charge is 2.38. The minimum Gasteiger partial charge on any atom is -0.294 e. The van der Waals surface area contributed by atoms with Gasteiger partial charge in [0.15, 0.2) is 4.90 Å². The SMILES string of the molecule is O=C1CN(S(=O)(=O)c2cccc(F)c2[N+](=O)[O-])CC(=O)N1. The molecule has 21 heavy (non-hydrogen) atoms. The molecule has 1 fully saturated rings. The van der Waals surface area contributed by atoms with Gasteiger partial charge in [-0.1, -0.05) is 6.07 Å². The molecule has 0 atom stereocenters. The molecule has 1 heterocycles. The number of para-hydroxylation sites is 1. The number of nitro benzene ring substituents is 1. The van der Waals surface area contributed by atoms with Crippen molar-refractivity contribution in [3.63, 3.8) is 0 Å². The maximum Gasteiger partial charge on any atom is 0.324 e. The van der Waals surface area contributed by atoms with Crippen LogP contribution in [0.1, 0.15) is 0 Å². The predicted molar refractivity (Wildman–Crippen MR) is 65.0 cm³/mol. The molecule has 1 aliphatic rings. The third-order valence-electron chi connectivity index (χ3n) is 2.67. The first-order valence-electron chi connectivity index (χ1n) is 5.49. The Balaban J connectivity index is 2.55. The molecule has 2 rings (SSSR count). The molecule has 0 radical (unpaired) electrons. The van der Waals surface area contributed by atoms with Gasteiger partial charge in [0.25, 0.3) is 10.0 Å². The molecular formula is C10H8FN3O6S. The summed E-state index contributed by atoms with van der Waals surface area (Å²) in [5.74, 6) is -3.06. The molecule has 9 nitrogen and oxygen atoms in total. The number of rotatable bonds is 3. The highest BCUT2D eigenvalue weighted by Crippen LogP contribution is 2.29. The number of halogens is 1. The van der Waals surface area contributed by atoms with Gasteiger partial charge in [-0.15, -0.1) is 0 Å². The molecule has 0 aromatic heterocycles. The van der Waals surface area contributed by atoms with Crippen LogP contribution in [0.3, 0.4) is 0 Å². The van der Waals surface area contributed by atoms with Crippen molar-refractivity contribution < 1.29 is 27.3 Å². The summed E-state index contributed by atoms with van der Waals surface area (Å²) < 4.78 is 38.5. The Labute approximate surface area is 117 Å². The van der Waals surface area contributed by atoms with Gasteiger partial charge < -0.3 is 0 Å². The lowest BCUT2D eigenvalue weighted by atomic mass is 10.3. The van der Waals surface area contributed by atoms with Gasteiger partial charge in [-0.25, -0.2) is 8.42 Å². The minimum atomic E-state index is -4.56. The molecule has 0 saturated carbocycles. The van der Waals surface area contributed by atoms with E-state index in [0.717, 1.165) is 18.2 Å². The first-order chi connectivity index (χ1) is 9.73. The van der Waals surface area contributed by atoms with Crippen LogP contribution in [0.15, 0.2) is 23.1 Å². The second-order valence-corrected chi connectivity index (χ2v) is 5.99. The highest BCUT2D eigenvalue weighted by atomic mass is 32.2. The topological polar surface area (TPSA) is 127 Å². The Kier molecular flexibility index (Phi) is 3.70. The first-order valence-corrected chi connectivity index (χ1v) is 6.93. The quantitative estimate of drug-likeness (QED) is 0.450. The molecule has 1 aromatic rings. The van der Waals surface area contributed by atoms with Crippen molar-refractivity contribution in [1.82, 2.24) is 9.62 Å². The summed E-state index contributed by atoms with van der Waals surface area (Å²) in [6.07, 6.45) is 0. The van der Waals surface area contributed by atoms with Gasteiger partial charge in [0, 0.05) is 0 Å². The van der Waals surface area contributed by atoms with Crippen molar-refractivity contribution in [2.75, 3.05) is 13.1 Å². The number of piperazine rings is 1. The van der Waals surface area contributed by atoms with Gasteiger partial charge in [0.2, 0.25) is 17.6 Å². The molecule has 11 heteroatoms. The molecule has 112 valence electrons. The van der Waals surface area contributed by atoms with E-state index in [1.807, 2.05) is 5.32 Å². The van der Waals surface area contributed by atoms with Crippen LogP contribution in [-0.4, -0.2) is 42.6 Å². The average molecular weight is 317 g/mol. The molecule has 0 spiro atoms. The van der Waals surface area contributed by atoms with Crippen LogP contribution < -0.4 is 5.32 Å². The van der Waals surface area contributed by atoms with Crippen molar-refractivity contribution in [2.45, 2.75) is 4.90 Å². The van der Waals surface area contributed by atoms with Crippen LogP contribution >= 0.6 is 0 Å². The van der Waals surface area contributed by atoms with Crippen LogP contribution in [0.2, 0.25) is 0 Å². The predicted octanol–water partition coefficient (Wildman–Crippen LogP) is -0.619. The Bertz CT molecular complexity index is 731. The van der Waals surface area contributed by atoms with Gasteiger partial charge in [0.05, 0.1) is 18.0 Å². The number of carbonyl (C=O) groups is 2. The molecule has 0 unspecified atom stereocenters. The van der Waals surface area contributed by atoms with Gasteiger partial charge in [0.1, 0.15) is 0 Å².